The molecule has 2 unspecified atom stereocenters. The van der Waals surface area contributed by atoms with Gasteiger partial charge in [0, 0.05) is 42.2 Å². The number of ether oxygens (including phenoxy) is 4. The van der Waals surface area contributed by atoms with Gasteiger partial charge in [0.25, 0.3) is 0 Å². The topological polar surface area (TPSA) is 162 Å². The Kier molecular flexibility index (Phi) is 14.2. The first-order valence-corrected chi connectivity index (χ1v) is 20.5. The molecule has 2 bridgehead atoms. The monoisotopic (exact) mass is 855 g/mol. The van der Waals surface area contributed by atoms with Crippen LogP contribution >= 0.6 is 22.6 Å². The molecule has 0 radical (unpaired) electrons. The molecule has 0 spiro atoms. The Balaban J connectivity index is 1.33. The molecule has 7 atom stereocenters. The highest BCUT2D eigenvalue weighted by molar-refractivity contribution is 14.1. The van der Waals surface area contributed by atoms with E-state index in [-0.39, 0.29) is 45.4 Å². The van der Waals surface area contributed by atoms with Crippen molar-refractivity contribution in [3.8, 4) is 0 Å². The van der Waals surface area contributed by atoms with E-state index in [1.165, 1.54) is 0 Å². The van der Waals surface area contributed by atoms with Gasteiger partial charge in [-0.3, -0.25) is 24.0 Å². The zero-order chi connectivity index (χ0) is 38.4. The third-order valence-electron chi connectivity index (χ3n) is 10.6. The van der Waals surface area contributed by atoms with Crippen molar-refractivity contribution in [3.63, 3.8) is 0 Å². The average molecular weight is 856 g/mol. The van der Waals surface area contributed by atoms with Crippen molar-refractivity contribution in [1.29, 1.82) is 0 Å². The van der Waals surface area contributed by atoms with Gasteiger partial charge in [-0.2, -0.15) is 5.06 Å². The third kappa shape index (κ3) is 9.90. The lowest BCUT2D eigenvalue weighted by Gasteiger charge is -2.48. The van der Waals surface area contributed by atoms with E-state index in [1.807, 2.05) is 24.3 Å². The van der Waals surface area contributed by atoms with Gasteiger partial charge in [-0.25, -0.2) is 0 Å². The van der Waals surface area contributed by atoms with Crippen LogP contribution in [-0.2, 0) is 49.5 Å². The molecule has 14 heteroatoms. The van der Waals surface area contributed by atoms with Crippen LogP contribution in [0.5, 0.6) is 0 Å². The van der Waals surface area contributed by atoms with Crippen molar-refractivity contribution in [1.82, 2.24) is 15.7 Å². The molecule has 4 fully saturated rings. The van der Waals surface area contributed by atoms with Gasteiger partial charge in [-0.05, 0) is 80.3 Å². The van der Waals surface area contributed by atoms with Crippen LogP contribution in [0.15, 0.2) is 24.3 Å². The lowest BCUT2D eigenvalue weighted by atomic mass is 9.62. The summed E-state index contributed by atoms with van der Waals surface area (Å²) in [6.07, 6.45) is 4.97. The Morgan fingerprint density at radius 1 is 1.06 bits per heavy atom. The Labute approximate surface area is 327 Å². The van der Waals surface area contributed by atoms with Crippen LogP contribution < -0.4 is 10.6 Å². The zero-order valence-corrected chi connectivity index (χ0v) is 34.0. The number of nitrogens with one attached hydrogen (secondary N) is 2. The van der Waals surface area contributed by atoms with E-state index in [0.29, 0.717) is 12.8 Å². The van der Waals surface area contributed by atoms with E-state index in [4.69, 9.17) is 23.8 Å². The molecule has 1 aliphatic carbocycles. The summed E-state index contributed by atoms with van der Waals surface area (Å²) in [6.45, 7) is 9.51. The first-order valence-electron chi connectivity index (χ1n) is 19.4. The van der Waals surface area contributed by atoms with E-state index in [9.17, 15) is 24.3 Å². The van der Waals surface area contributed by atoms with Crippen molar-refractivity contribution in [3.05, 3.63) is 33.4 Å². The van der Waals surface area contributed by atoms with Gasteiger partial charge in [0.2, 0.25) is 11.8 Å². The van der Waals surface area contributed by atoms with Crippen molar-refractivity contribution in [2.45, 2.75) is 166 Å². The second-order valence-corrected chi connectivity index (χ2v) is 17.2. The molecule has 4 aliphatic rings. The Hall–Kier alpha value is -2.37. The van der Waals surface area contributed by atoms with Crippen molar-refractivity contribution in [2.24, 2.45) is 5.41 Å². The van der Waals surface area contributed by atoms with Crippen molar-refractivity contribution < 1.29 is 48.1 Å². The molecular weight excluding hydrogens is 797 g/mol. The van der Waals surface area contributed by atoms with Crippen molar-refractivity contribution in [2.75, 3.05) is 13.2 Å². The van der Waals surface area contributed by atoms with Crippen LogP contribution in [0.4, 0.5) is 0 Å². The number of rotatable bonds is 19. The van der Waals surface area contributed by atoms with E-state index in [2.05, 4.69) is 47.1 Å². The van der Waals surface area contributed by atoms with Crippen LogP contribution in [0.2, 0.25) is 0 Å². The highest BCUT2D eigenvalue weighted by atomic mass is 127. The SMILES string of the molecule is CCCCCC1(CCCCC)O[C@@H]2[C@H]3ON(Cc4cccc(I)c4)[C@H]4C(=O)OC(CC34C(=O)NCCC(=O)N[C@H](CO)CCC(=O)OC(C)(C)C)[C@@H]2O1. The maximum Gasteiger partial charge on any atom is 0.327 e. The summed E-state index contributed by atoms with van der Waals surface area (Å²) in [5.41, 5.74) is -1.07. The molecule has 1 saturated carbocycles. The average Bonchev–Trinajstić information content (AvgIpc) is 3.64. The normalized spacial score (nSPS) is 27.8. The molecule has 2 amide bonds. The smallest absolute Gasteiger partial charge is 0.327 e. The van der Waals surface area contributed by atoms with Gasteiger partial charge in [0.05, 0.1) is 19.2 Å². The number of aliphatic hydroxyl groups is 1. The summed E-state index contributed by atoms with van der Waals surface area (Å²) in [7, 11) is 0. The van der Waals surface area contributed by atoms with Gasteiger partial charge in [0.15, 0.2) is 11.8 Å². The lowest BCUT2D eigenvalue weighted by Crippen LogP contribution is -2.69. The summed E-state index contributed by atoms with van der Waals surface area (Å²) < 4.78 is 26.2. The number of amides is 2. The fourth-order valence-corrected chi connectivity index (χ4v) is 8.77. The van der Waals surface area contributed by atoms with Crippen LogP contribution in [0.1, 0.15) is 117 Å². The minimum atomic E-state index is -1.35. The quantitative estimate of drug-likeness (QED) is 0.0993. The molecule has 1 aromatic rings. The van der Waals surface area contributed by atoms with Crippen molar-refractivity contribution >= 4 is 46.3 Å². The number of halogens is 1. The Morgan fingerprint density at radius 2 is 1.75 bits per heavy atom. The molecule has 3 heterocycles. The maximum absolute atomic E-state index is 14.6. The first-order chi connectivity index (χ1) is 25.2. The molecule has 53 heavy (non-hydrogen) atoms. The van der Waals surface area contributed by atoms with E-state index in [0.717, 1.165) is 47.7 Å². The molecule has 296 valence electrons. The number of fused-ring (bicyclic) bond motifs is 4. The highest BCUT2D eigenvalue weighted by Gasteiger charge is 2.76. The van der Waals surface area contributed by atoms with Crippen LogP contribution in [0.25, 0.3) is 0 Å². The molecule has 13 nitrogen and oxygen atoms in total. The molecule has 3 aliphatic heterocycles. The fraction of sp³-hybridized carbons (Fsp3) is 0.744. The van der Waals surface area contributed by atoms with Crippen LogP contribution in [0, 0.1) is 8.99 Å². The first kappa shape index (κ1) is 41.8. The standard InChI is InChI=1S/C39H58IN3O10/c1-6-8-10-18-38(19-11-9-7-2)51-31-28-22-39(36(48)41-20-17-29(45)42-27(24-44)15-16-30(46)50-37(3,4)5)33(35(47)49-28)43(53-34(39)32(31)52-38)23-25-13-12-14-26(40)21-25/h12-14,21,27-28,31-34,44H,6-11,15-20,22-24H2,1-5H3,(H,41,48)(H,42,45)/t27-,28?,31-,32-,33-,34+,39?/m0/s1. The van der Waals surface area contributed by atoms with Crippen LogP contribution in [0.3, 0.4) is 0 Å². The summed E-state index contributed by atoms with van der Waals surface area (Å²) in [5.74, 6) is -2.64. The highest BCUT2D eigenvalue weighted by Crippen LogP contribution is 2.58. The zero-order valence-electron chi connectivity index (χ0n) is 31.8. The summed E-state index contributed by atoms with van der Waals surface area (Å²) >= 11 is 2.24. The second-order valence-electron chi connectivity index (χ2n) is 15.9. The number of hydrogen-bond donors (Lipinski definition) is 3. The lowest BCUT2D eigenvalue weighted by molar-refractivity contribution is -0.224. The molecule has 3 saturated heterocycles. The molecule has 1 aromatic carbocycles. The van der Waals surface area contributed by atoms with Gasteiger partial charge >= 0.3 is 11.9 Å². The summed E-state index contributed by atoms with van der Waals surface area (Å²) in [5, 5.41) is 17.1. The van der Waals surface area contributed by atoms with Gasteiger partial charge < -0.3 is 34.7 Å². The van der Waals surface area contributed by atoms with E-state index in [1.54, 1.807) is 25.8 Å². The predicted molar refractivity (Wildman–Crippen MR) is 203 cm³/mol. The second kappa shape index (κ2) is 18.1. The third-order valence-corrected chi connectivity index (χ3v) is 11.2. The molecule has 3 N–H and O–H groups in total. The maximum atomic E-state index is 14.6. The number of hydrogen-bond acceptors (Lipinski definition) is 11. The Bertz CT molecular complexity index is 1440. The molecule has 0 aromatic heterocycles. The number of aliphatic hydroxyl groups excluding tert-OH is 1. The van der Waals surface area contributed by atoms with Crippen LogP contribution in [-0.4, -0.2) is 95.0 Å². The number of esters is 2. The number of nitrogens with zero attached hydrogens (tertiary/aromatic N) is 1. The van der Waals surface area contributed by atoms with E-state index < -0.39 is 77.1 Å². The van der Waals surface area contributed by atoms with Gasteiger partial charge in [0.1, 0.15) is 35.4 Å². The largest absolute Gasteiger partial charge is 0.460 e. The summed E-state index contributed by atoms with van der Waals surface area (Å²) in [6, 6.07) is 6.18. The number of benzene rings is 1. The van der Waals surface area contributed by atoms with E-state index >= 15 is 0 Å². The molecular formula is C39H58IN3O10. The number of carbonyl (C=O) groups excluding carboxylic acids is 4. The van der Waals surface area contributed by atoms with Gasteiger partial charge in [-0.15, -0.1) is 0 Å². The van der Waals surface area contributed by atoms with Gasteiger partial charge in [-0.1, -0.05) is 51.7 Å². The number of carbonyl (C=O) groups is 4. The number of unbranched alkanes of at least 4 members (excludes halogenated alkanes) is 4. The predicted octanol–water partition coefficient (Wildman–Crippen LogP) is 4.84. The minimum Gasteiger partial charge on any atom is -0.460 e. The summed E-state index contributed by atoms with van der Waals surface area (Å²) in [4.78, 5) is 60.3. The minimum absolute atomic E-state index is 0.0178. The fourth-order valence-electron chi connectivity index (χ4n) is 8.16. The Morgan fingerprint density at radius 3 is 2.40 bits per heavy atom. The number of hydroxylamine groups is 2. The molecule has 5 rings (SSSR count).